The van der Waals surface area contributed by atoms with Crippen molar-refractivity contribution in [2.45, 2.75) is 6.54 Å². The molecule has 8 nitrogen and oxygen atoms in total. The fourth-order valence-corrected chi connectivity index (χ4v) is 2.69. The Labute approximate surface area is 151 Å². The highest BCUT2D eigenvalue weighted by atomic mass is 32.1. The van der Waals surface area contributed by atoms with Crippen molar-refractivity contribution in [1.29, 1.82) is 0 Å². The number of hydrogen-bond acceptors (Lipinski definition) is 8. The highest BCUT2D eigenvalue weighted by Gasteiger charge is 2.15. The minimum atomic E-state index is -0.706. The summed E-state index contributed by atoms with van der Waals surface area (Å²) in [5.41, 5.74) is 0.0787. The third-order valence-electron chi connectivity index (χ3n) is 3.30. The Bertz CT molecular complexity index is 926. The van der Waals surface area contributed by atoms with E-state index in [0.717, 1.165) is 15.7 Å². The minimum absolute atomic E-state index is 0.0253. The van der Waals surface area contributed by atoms with Crippen molar-refractivity contribution in [3.63, 3.8) is 0 Å². The van der Waals surface area contributed by atoms with Crippen LogP contribution in [0.2, 0.25) is 0 Å². The molecule has 134 valence electrons. The molecule has 0 amide bonds. The van der Waals surface area contributed by atoms with Gasteiger partial charge in [0.1, 0.15) is 0 Å². The molecule has 0 unspecified atom stereocenters. The van der Waals surface area contributed by atoms with Gasteiger partial charge in [0, 0.05) is 5.56 Å². The molecule has 2 aromatic heterocycles. The molecule has 2 heterocycles. The number of ketones is 1. The summed E-state index contributed by atoms with van der Waals surface area (Å²) in [5.74, 6) is -1.49. The van der Waals surface area contributed by atoms with Crippen LogP contribution in [0.3, 0.4) is 0 Å². The minimum Gasteiger partial charge on any atom is -0.494 e. The molecule has 10 heteroatoms. The molecule has 0 spiro atoms. The Kier molecular flexibility index (Phi) is 5.32. The average Bonchev–Trinajstić information content (AvgIpc) is 3.31. The van der Waals surface area contributed by atoms with Crippen LogP contribution in [-0.4, -0.2) is 45.7 Å². The van der Waals surface area contributed by atoms with E-state index < -0.39 is 24.2 Å². The second-order valence-electron chi connectivity index (χ2n) is 5.05. The predicted octanol–water partition coefficient (Wildman–Crippen LogP) is 1.98. The van der Waals surface area contributed by atoms with Gasteiger partial charge in [0.15, 0.2) is 30.5 Å². The van der Waals surface area contributed by atoms with E-state index >= 15 is 0 Å². The zero-order valence-electron chi connectivity index (χ0n) is 13.6. The number of methoxy groups -OCH3 is 1. The SMILES string of the molecule is COc1ccc(C(=O)COC(=O)Cn2nnc(-c3cccs3)n2)cc1F. The molecule has 0 aliphatic rings. The number of halogens is 1. The monoisotopic (exact) mass is 376 g/mol. The van der Waals surface area contributed by atoms with Crippen LogP contribution in [0.4, 0.5) is 4.39 Å². The number of nitrogens with zero attached hydrogens (tertiary/aromatic N) is 4. The van der Waals surface area contributed by atoms with E-state index in [1.54, 1.807) is 0 Å². The summed E-state index contributed by atoms with van der Waals surface area (Å²) in [6.07, 6.45) is 0. The van der Waals surface area contributed by atoms with E-state index in [1.807, 2.05) is 17.5 Å². The lowest BCUT2D eigenvalue weighted by molar-refractivity contribution is -0.143. The van der Waals surface area contributed by atoms with E-state index in [0.29, 0.717) is 5.82 Å². The van der Waals surface area contributed by atoms with Crippen LogP contribution in [0, 0.1) is 5.82 Å². The van der Waals surface area contributed by atoms with Crippen LogP contribution in [0.1, 0.15) is 10.4 Å². The van der Waals surface area contributed by atoms with E-state index in [-0.39, 0.29) is 17.9 Å². The van der Waals surface area contributed by atoms with Crippen molar-refractivity contribution in [3.8, 4) is 16.5 Å². The summed E-state index contributed by atoms with van der Waals surface area (Å²) < 4.78 is 23.3. The summed E-state index contributed by atoms with van der Waals surface area (Å²) >= 11 is 1.45. The normalized spacial score (nSPS) is 10.5. The summed E-state index contributed by atoms with van der Waals surface area (Å²) in [5, 5.41) is 13.5. The number of carbonyl (C=O) groups excluding carboxylic acids is 2. The van der Waals surface area contributed by atoms with Crippen LogP contribution in [0.15, 0.2) is 35.7 Å². The first-order valence-corrected chi connectivity index (χ1v) is 8.29. The third-order valence-corrected chi connectivity index (χ3v) is 4.17. The van der Waals surface area contributed by atoms with Gasteiger partial charge in [0.05, 0.1) is 12.0 Å². The molecule has 0 atom stereocenters. The number of aromatic nitrogens is 4. The van der Waals surface area contributed by atoms with Gasteiger partial charge in [0.2, 0.25) is 5.82 Å². The highest BCUT2D eigenvalue weighted by molar-refractivity contribution is 7.13. The second-order valence-corrected chi connectivity index (χ2v) is 6.00. The largest absolute Gasteiger partial charge is 0.494 e. The number of benzene rings is 1. The van der Waals surface area contributed by atoms with E-state index in [9.17, 15) is 14.0 Å². The van der Waals surface area contributed by atoms with Gasteiger partial charge in [0.25, 0.3) is 0 Å². The van der Waals surface area contributed by atoms with Crippen molar-refractivity contribution in [1.82, 2.24) is 20.2 Å². The van der Waals surface area contributed by atoms with Gasteiger partial charge in [-0.15, -0.1) is 21.5 Å². The fraction of sp³-hybridized carbons (Fsp3) is 0.188. The lowest BCUT2D eigenvalue weighted by Crippen LogP contribution is -2.20. The first-order valence-electron chi connectivity index (χ1n) is 7.41. The quantitative estimate of drug-likeness (QED) is 0.459. The van der Waals surface area contributed by atoms with Gasteiger partial charge in [-0.05, 0) is 34.9 Å². The molecule has 0 saturated heterocycles. The number of tetrazole rings is 1. The number of thiophene rings is 1. The smallest absolute Gasteiger partial charge is 0.330 e. The van der Waals surface area contributed by atoms with Crippen LogP contribution in [0.25, 0.3) is 10.7 Å². The third kappa shape index (κ3) is 4.09. The first-order chi connectivity index (χ1) is 12.6. The maximum atomic E-state index is 13.6. The number of ether oxygens (including phenoxy) is 2. The van der Waals surface area contributed by atoms with Crippen molar-refractivity contribution < 1.29 is 23.5 Å². The zero-order chi connectivity index (χ0) is 18.5. The molecular weight excluding hydrogens is 363 g/mol. The molecule has 0 aliphatic heterocycles. The van der Waals surface area contributed by atoms with E-state index in [2.05, 4.69) is 15.4 Å². The van der Waals surface area contributed by atoms with Gasteiger partial charge in [-0.2, -0.15) is 4.80 Å². The molecule has 1 aromatic carbocycles. The molecule has 0 fully saturated rings. The highest BCUT2D eigenvalue weighted by Crippen LogP contribution is 2.19. The number of carbonyl (C=O) groups is 2. The topological polar surface area (TPSA) is 96.2 Å². The Morgan fingerprint density at radius 1 is 1.31 bits per heavy atom. The maximum Gasteiger partial charge on any atom is 0.330 e. The zero-order valence-corrected chi connectivity index (χ0v) is 14.4. The number of Topliss-reactive ketones (excluding diaryl/α,β-unsaturated/α-hetero) is 1. The van der Waals surface area contributed by atoms with Gasteiger partial charge >= 0.3 is 5.97 Å². The molecule has 0 radical (unpaired) electrons. The van der Waals surface area contributed by atoms with Crippen molar-refractivity contribution in [2.75, 3.05) is 13.7 Å². The summed E-state index contributed by atoms with van der Waals surface area (Å²) in [6.45, 7) is -0.806. The van der Waals surface area contributed by atoms with Crippen molar-refractivity contribution in [3.05, 3.63) is 47.1 Å². The molecular formula is C16H13FN4O4S. The lowest BCUT2D eigenvalue weighted by Gasteiger charge is -2.06. The molecule has 3 aromatic rings. The second kappa shape index (κ2) is 7.83. The van der Waals surface area contributed by atoms with Crippen LogP contribution >= 0.6 is 11.3 Å². The van der Waals surface area contributed by atoms with Gasteiger partial charge < -0.3 is 9.47 Å². The standard InChI is InChI=1S/C16H13FN4O4S/c1-24-13-5-4-10(7-11(13)17)12(22)9-25-15(23)8-21-19-16(18-20-21)14-3-2-6-26-14/h2-7H,8-9H2,1H3. The van der Waals surface area contributed by atoms with Crippen LogP contribution in [-0.2, 0) is 16.1 Å². The van der Waals surface area contributed by atoms with E-state index in [1.165, 1.54) is 30.6 Å². The van der Waals surface area contributed by atoms with Crippen molar-refractivity contribution >= 4 is 23.1 Å². The lowest BCUT2D eigenvalue weighted by atomic mass is 10.1. The molecule has 0 N–H and O–H groups in total. The summed E-state index contributed by atoms with van der Waals surface area (Å²) in [6, 6.07) is 7.43. The maximum absolute atomic E-state index is 13.6. The Morgan fingerprint density at radius 2 is 2.15 bits per heavy atom. The van der Waals surface area contributed by atoms with Gasteiger partial charge in [-0.3, -0.25) is 4.79 Å². The molecule has 0 aliphatic carbocycles. The van der Waals surface area contributed by atoms with Crippen LogP contribution < -0.4 is 4.74 Å². The Balaban J connectivity index is 1.54. The number of hydrogen-bond donors (Lipinski definition) is 0. The number of rotatable bonds is 7. The summed E-state index contributed by atoms with van der Waals surface area (Å²) in [4.78, 5) is 25.7. The molecule has 0 saturated carbocycles. The number of esters is 1. The van der Waals surface area contributed by atoms with Gasteiger partial charge in [-0.1, -0.05) is 6.07 Å². The van der Waals surface area contributed by atoms with Gasteiger partial charge in [-0.25, -0.2) is 9.18 Å². The van der Waals surface area contributed by atoms with Crippen molar-refractivity contribution in [2.24, 2.45) is 0 Å². The molecule has 26 heavy (non-hydrogen) atoms. The Hall–Kier alpha value is -3.14. The van der Waals surface area contributed by atoms with Crippen LogP contribution in [0.5, 0.6) is 5.75 Å². The first kappa shape index (κ1) is 17.7. The average molecular weight is 376 g/mol. The Morgan fingerprint density at radius 3 is 2.85 bits per heavy atom. The molecule has 3 rings (SSSR count). The fourth-order valence-electron chi connectivity index (χ4n) is 2.04. The predicted molar refractivity (Wildman–Crippen MR) is 89.4 cm³/mol. The summed E-state index contributed by atoms with van der Waals surface area (Å²) in [7, 11) is 1.32. The molecule has 0 bridgehead atoms. The van der Waals surface area contributed by atoms with E-state index in [4.69, 9.17) is 9.47 Å².